The summed E-state index contributed by atoms with van der Waals surface area (Å²) in [6.07, 6.45) is 0.0733. The average Bonchev–Trinajstić information content (AvgIpc) is 2.97. The lowest BCUT2D eigenvalue weighted by molar-refractivity contribution is -0.384. The number of methoxy groups -OCH3 is 2. The quantitative estimate of drug-likeness (QED) is 0.587. The predicted molar refractivity (Wildman–Crippen MR) is 89.4 cm³/mol. The van der Waals surface area contributed by atoms with Crippen LogP contribution in [0.5, 0.6) is 5.75 Å². The third-order valence-electron chi connectivity index (χ3n) is 4.13. The molecular weight excluding hydrogens is 330 g/mol. The molecule has 25 heavy (non-hydrogen) atoms. The minimum Gasteiger partial charge on any atom is -0.496 e. The molecule has 1 N–H and O–H groups in total. The van der Waals surface area contributed by atoms with Gasteiger partial charge >= 0.3 is 0 Å². The van der Waals surface area contributed by atoms with E-state index >= 15 is 0 Å². The van der Waals surface area contributed by atoms with Crippen molar-refractivity contribution < 1.29 is 24.0 Å². The molecule has 9 heteroatoms. The molecule has 9 nitrogen and oxygen atoms in total. The van der Waals surface area contributed by atoms with Gasteiger partial charge in [0, 0.05) is 20.1 Å². The second kappa shape index (κ2) is 7.93. The summed E-state index contributed by atoms with van der Waals surface area (Å²) < 4.78 is 10.0. The zero-order valence-electron chi connectivity index (χ0n) is 14.4. The summed E-state index contributed by atoms with van der Waals surface area (Å²) in [5.74, 6) is -0.795. The molecule has 1 fully saturated rings. The number of hydrogen-bond acceptors (Lipinski definition) is 6. The van der Waals surface area contributed by atoms with Crippen LogP contribution in [0.2, 0.25) is 0 Å². The third kappa shape index (κ3) is 4.24. The lowest BCUT2D eigenvalue weighted by atomic mass is 10.1. The van der Waals surface area contributed by atoms with Crippen LogP contribution >= 0.6 is 0 Å². The Labute approximate surface area is 145 Å². The van der Waals surface area contributed by atoms with Gasteiger partial charge in [0.15, 0.2) is 0 Å². The number of carbonyl (C=O) groups is 2. The largest absolute Gasteiger partial charge is 0.496 e. The van der Waals surface area contributed by atoms with Gasteiger partial charge < -0.3 is 19.7 Å². The number of benzene rings is 1. The highest BCUT2D eigenvalue weighted by Gasteiger charge is 2.37. The first-order valence-electron chi connectivity index (χ1n) is 7.79. The molecule has 0 unspecified atom stereocenters. The van der Waals surface area contributed by atoms with Crippen LogP contribution < -0.4 is 10.1 Å². The summed E-state index contributed by atoms with van der Waals surface area (Å²) in [5.41, 5.74) is -0.187. The van der Waals surface area contributed by atoms with Crippen LogP contribution in [0.15, 0.2) is 18.2 Å². The summed E-state index contributed by atoms with van der Waals surface area (Å²) >= 11 is 0. The lowest BCUT2D eigenvalue weighted by Gasteiger charge is -2.23. The molecule has 1 saturated heterocycles. The van der Waals surface area contributed by atoms with Gasteiger partial charge in [-0.1, -0.05) is 0 Å². The van der Waals surface area contributed by atoms with Crippen LogP contribution in [-0.2, 0) is 14.3 Å². The molecule has 1 aliphatic rings. The fourth-order valence-electron chi connectivity index (χ4n) is 2.79. The molecule has 0 aliphatic carbocycles. The minimum absolute atomic E-state index is 0.0733. The van der Waals surface area contributed by atoms with Crippen LogP contribution in [0.4, 0.5) is 11.4 Å². The maximum Gasteiger partial charge on any atom is 0.296 e. The number of amides is 2. The standard InChI is InChI=1S/C16H21N3O6/c1-10(9-24-2)18-8-11(6-15(18)20)16(21)17-13-5-4-12(25-3)7-14(13)19(22)23/h4-5,7,10-11H,6,8-9H2,1-3H3,(H,17,21)/t10-,11-/m1/s1. The van der Waals surface area contributed by atoms with E-state index in [4.69, 9.17) is 9.47 Å². The molecular formula is C16H21N3O6. The van der Waals surface area contributed by atoms with E-state index in [-0.39, 0.29) is 36.3 Å². The van der Waals surface area contributed by atoms with Crippen molar-refractivity contribution in [1.29, 1.82) is 0 Å². The summed E-state index contributed by atoms with van der Waals surface area (Å²) in [4.78, 5) is 36.7. The Bertz CT molecular complexity index is 678. The second-order valence-electron chi connectivity index (χ2n) is 5.88. The number of nitro benzene ring substituents is 1. The monoisotopic (exact) mass is 351 g/mol. The minimum atomic E-state index is -0.592. The highest BCUT2D eigenvalue weighted by molar-refractivity contribution is 5.98. The molecule has 1 heterocycles. The van der Waals surface area contributed by atoms with E-state index in [1.54, 1.807) is 12.0 Å². The average molecular weight is 351 g/mol. The van der Waals surface area contributed by atoms with Gasteiger partial charge in [-0.3, -0.25) is 19.7 Å². The number of nitrogens with zero attached hydrogens (tertiary/aromatic N) is 2. The van der Waals surface area contributed by atoms with Crippen molar-refractivity contribution in [2.24, 2.45) is 5.92 Å². The Morgan fingerprint density at radius 1 is 1.48 bits per heavy atom. The normalized spacial score (nSPS) is 18.1. The van der Waals surface area contributed by atoms with Crippen LogP contribution in [0.1, 0.15) is 13.3 Å². The second-order valence-corrected chi connectivity index (χ2v) is 5.88. The van der Waals surface area contributed by atoms with Crippen molar-refractivity contribution in [3.63, 3.8) is 0 Å². The van der Waals surface area contributed by atoms with Crippen molar-refractivity contribution in [2.75, 3.05) is 32.7 Å². The Balaban J connectivity index is 2.10. The number of nitro groups is 1. The van der Waals surface area contributed by atoms with Gasteiger partial charge in [0.2, 0.25) is 11.8 Å². The summed E-state index contributed by atoms with van der Waals surface area (Å²) in [5, 5.41) is 13.7. The van der Waals surface area contributed by atoms with Crippen LogP contribution in [0, 0.1) is 16.0 Å². The van der Waals surface area contributed by atoms with Crippen molar-refractivity contribution in [3.8, 4) is 5.75 Å². The van der Waals surface area contributed by atoms with Gasteiger partial charge in [0.25, 0.3) is 5.69 Å². The molecule has 0 spiro atoms. The molecule has 0 bridgehead atoms. The van der Waals surface area contributed by atoms with Crippen LogP contribution in [0.25, 0.3) is 0 Å². The predicted octanol–water partition coefficient (Wildman–Crippen LogP) is 1.43. The van der Waals surface area contributed by atoms with E-state index in [9.17, 15) is 19.7 Å². The Morgan fingerprint density at radius 3 is 2.80 bits per heavy atom. The van der Waals surface area contributed by atoms with Gasteiger partial charge in [-0.25, -0.2) is 0 Å². The number of nitrogens with one attached hydrogen (secondary N) is 1. The maximum absolute atomic E-state index is 12.4. The number of carbonyl (C=O) groups excluding carboxylic acids is 2. The zero-order valence-corrected chi connectivity index (χ0v) is 14.4. The Hall–Kier alpha value is -2.68. The number of rotatable bonds is 7. The Morgan fingerprint density at radius 2 is 2.20 bits per heavy atom. The number of anilines is 1. The highest BCUT2D eigenvalue weighted by Crippen LogP contribution is 2.30. The number of likely N-dealkylation sites (tertiary alicyclic amines) is 1. The SMILES string of the molecule is COC[C@@H](C)N1C[C@H](C(=O)Nc2ccc(OC)cc2[N+](=O)[O-])CC1=O. The van der Waals surface area contributed by atoms with E-state index in [2.05, 4.69) is 5.32 Å². The molecule has 136 valence electrons. The van der Waals surface area contributed by atoms with E-state index < -0.39 is 16.7 Å². The first-order valence-corrected chi connectivity index (χ1v) is 7.79. The molecule has 2 amide bonds. The van der Waals surface area contributed by atoms with Crippen LogP contribution in [-0.4, -0.2) is 55.1 Å². The molecule has 0 aromatic heterocycles. The lowest BCUT2D eigenvalue weighted by Crippen LogP contribution is -2.38. The first-order chi connectivity index (χ1) is 11.9. The number of hydrogen-bond donors (Lipinski definition) is 1. The van der Waals surface area contributed by atoms with Gasteiger partial charge in [-0.05, 0) is 19.1 Å². The summed E-state index contributed by atoms with van der Waals surface area (Å²) in [7, 11) is 2.95. The van der Waals surface area contributed by atoms with E-state index in [1.807, 2.05) is 6.92 Å². The molecule has 2 rings (SSSR count). The van der Waals surface area contributed by atoms with E-state index in [1.165, 1.54) is 25.3 Å². The first kappa shape index (κ1) is 18.7. The smallest absolute Gasteiger partial charge is 0.296 e. The zero-order chi connectivity index (χ0) is 18.6. The van der Waals surface area contributed by atoms with Gasteiger partial charge in [0.05, 0.1) is 36.7 Å². The Kier molecular flexibility index (Phi) is 5.92. The van der Waals surface area contributed by atoms with Crippen molar-refractivity contribution >= 4 is 23.2 Å². The number of ether oxygens (including phenoxy) is 2. The fourth-order valence-corrected chi connectivity index (χ4v) is 2.79. The van der Waals surface area contributed by atoms with E-state index in [0.29, 0.717) is 12.4 Å². The molecule has 1 aromatic rings. The van der Waals surface area contributed by atoms with Gasteiger partial charge in [-0.15, -0.1) is 0 Å². The molecule has 1 aliphatic heterocycles. The highest BCUT2D eigenvalue weighted by atomic mass is 16.6. The van der Waals surface area contributed by atoms with E-state index in [0.717, 1.165) is 0 Å². The molecule has 2 atom stereocenters. The maximum atomic E-state index is 12.4. The summed E-state index contributed by atoms with van der Waals surface area (Å²) in [6, 6.07) is 4.04. The third-order valence-corrected chi connectivity index (χ3v) is 4.13. The summed E-state index contributed by atoms with van der Waals surface area (Å²) in [6.45, 7) is 2.49. The van der Waals surface area contributed by atoms with Crippen LogP contribution in [0.3, 0.4) is 0 Å². The van der Waals surface area contributed by atoms with Crippen molar-refractivity contribution in [3.05, 3.63) is 28.3 Å². The van der Waals surface area contributed by atoms with Gasteiger partial charge in [-0.2, -0.15) is 0 Å². The van der Waals surface area contributed by atoms with Crippen molar-refractivity contribution in [1.82, 2.24) is 4.90 Å². The fraction of sp³-hybridized carbons (Fsp3) is 0.500. The van der Waals surface area contributed by atoms with Gasteiger partial charge in [0.1, 0.15) is 11.4 Å². The molecule has 0 saturated carbocycles. The topological polar surface area (TPSA) is 111 Å². The molecule has 1 aromatic carbocycles. The molecule has 0 radical (unpaired) electrons. The van der Waals surface area contributed by atoms with Crippen molar-refractivity contribution in [2.45, 2.75) is 19.4 Å².